The number of hydrogen-bond donors (Lipinski definition) is 0. The maximum absolute atomic E-state index is 9.67. The molecule has 8 nitrogen and oxygen atoms in total. The van der Waals surface area contributed by atoms with E-state index in [1.807, 2.05) is 6.08 Å². The van der Waals surface area contributed by atoms with Crippen LogP contribution in [-0.2, 0) is 0 Å². The molecule has 28 heteroatoms. The normalized spacial score (nSPS) is 12.5. The van der Waals surface area contributed by atoms with Gasteiger partial charge in [0.2, 0.25) is 0 Å². The van der Waals surface area contributed by atoms with Crippen LogP contribution in [0.4, 0.5) is 51.8 Å². The van der Waals surface area contributed by atoms with Gasteiger partial charge in [-0.15, -0.1) is 6.58 Å². The monoisotopic (exact) mass is 857 g/mol. The van der Waals surface area contributed by atoms with Gasteiger partial charge in [-0.1, -0.05) is 28.4 Å². The van der Waals surface area contributed by atoms with Gasteiger partial charge in [-0.2, -0.15) is 0 Å². The summed E-state index contributed by atoms with van der Waals surface area (Å²) in [5.74, 6) is 0. The van der Waals surface area contributed by atoms with E-state index in [0.717, 1.165) is 52.9 Å². The van der Waals surface area contributed by atoms with Crippen LogP contribution in [0.25, 0.3) is 0 Å². The lowest BCUT2D eigenvalue weighted by Crippen LogP contribution is -3.00. The van der Waals surface area contributed by atoms with Gasteiger partial charge < -0.3 is 58.0 Å². The summed E-state index contributed by atoms with van der Waals surface area (Å²) >= 11 is 0. The maximum Gasteiger partial charge on any atom is 0.762 e. The van der Waals surface area contributed by atoms with Crippen molar-refractivity contribution < 1.29 is 70.6 Å². The molecular weight excluding hydrogens is 796 g/mol. The van der Waals surface area contributed by atoms with E-state index >= 15 is 0 Å². The molecule has 0 atom stereocenters. The minimum atomic E-state index is -3.67. The summed E-state index contributed by atoms with van der Waals surface area (Å²) in [7, 11) is -6.38. The second-order valence-electron chi connectivity index (χ2n) is 9.55. The molecule has 0 spiro atoms. The molecule has 0 aromatic heterocycles. The average Bonchev–Trinajstić information content (AvgIpc) is 3.78. The van der Waals surface area contributed by atoms with Gasteiger partial charge in [-0.05, 0) is 20.8 Å². The summed E-state index contributed by atoms with van der Waals surface area (Å²) in [5, 5.41) is 0. The summed E-state index contributed by atoms with van der Waals surface area (Å²) in [4.78, 5) is 17.5. The van der Waals surface area contributed by atoms with Crippen molar-refractivity contribution in [2.24, 2.45) is 0 Å². The van der Waals surface area contributed by atoms with E-state index in [-0.39, 0.29) is 41.1 Å². The summed E-state index contributed by atoms with van der Waals surface area (Å²) < 4.78 is 116. The average molecular weight is 856 g/mol. The van der Waals surface area contributed by atoms with E-state index in [9.17, 15) is 51.8 Å². The van der Waals surface area contributed by atoms with Gasteiger partial charge in [0.15, 0.2) is 0 Å². The smallest absolute Gasteiger partial charge is 0.762 e. The van der Waals surface area contributed by atoms with Crippen LogP contribution in [0.15, 0.2) is 62.3 Å². The Bertz CT molecular complexity index is 785. The Morgan fingerprint density at radius 3 is 0.661 bits per heavy atom. The van der Waals surface area contributed by atoms with Crippen molar-refractivity contribution in [3.63, 3.8) is 0 Å². The van der Waals surface area contributed by atoms with Crippen molar-refractivity contribution in [1.29, 1.82) is 0 Å². The summed E-state index contributed by atoms with van der Waals surface area (Å²) in [6.07, 6.45) is 18.6. The Morgan fingerprint density at radius 1 is 0.411 bits per heavy atom. The molecule has 0 radical (unpaired) electrons. The van der Waals surface area contributed by atoms with Crippen molar-refractivity contribution >= 4 is 30.2 Å². The van der Waals surface area contributed by atoms with Crippen LogP contribution in [-0.4, -0.2) is 150 Å². The zero-order valence-electron chi connectivity index (χ0n) is 30.5. The Balaban J connectivity index is -0.0000000461. The molecule has 0 aromatic rings. The van der Waals surface area contributed by atoms with Crippen molar-refractivity contribution in [1.82, 2.24) is 39.2 Å². The molecule has 0 bridgehead atoms. The van der Waals surface area contributed by atoms with Gasteiger partial charge in [0.25, 0.3) is 0 Å². The lowest BCUT2D eigenvalue weighted by Gasteiger charge is -2.15. The number of halogens is 16. The van der Waals surface area contributed by atoms with Crippen LogP contribution in [0, 0.1) is 0 Å². The molecule has 4 aliphatic heterocycles. The molecule has 4 rings (SSSR count). The number of hydrogen-bond acceptors (Lipinski definition) is 8. The Morgan fingerprint density at radius 2 is 0.571 bits per heavy atom. The predicted octanol–water partition coefficient (Wildman–Crippen LogP) is -3.66. The third-order valence-electron chi connectivity index (χ3n) is 5.33. The van der Waals surface area contributed by atoms with Crippen LogP contribution < -0.4 is 18.8 Å². The molecular formula is C28H60B4F16N8-4. The number of nitrogens with zero attached hydrogens (tertiary/aromatic N) is 8. The van der Waals surface area contributed by atoms with Crippen molar-refractivity contribution in [2.75, 3.05) is 81.0 Å². The van der Waals surface area contributed by atoms with Gasteiger partial charge >= 0.3 is 30.2 Å². The lowest BCUT2D eigenvalue weighted by atomic mass is 10.5. The molecule has 0 N–H and O–H groups in total. The van der Waals surface area contributed by atoms with E-state index in [2.05, 4.69) is 144 Å². The van der Waals surface area contributed by atoms with Gasteiger partial charge in [0.05, 0.1) is 26.7 Å². The predicted molar refractivity (Wildman–Crippen MR) is 198 cm³/mol. The van der Waals surface area contributed by atoms with E-state index < -0.39 is 30.2 Å². The first kappa shape index (κ1) is 80.6. The van der Waals surface area contributed by atoms with E-state index in [0.29, 0.717) is 0 Å². The molecule has 4 heterocycles. The molecule has 0 aromatic carbocycles. The molecule has 0 saturated heterocycles. The highest BCUT2D eigenvalue weighted by molar-refractivity contribution is 6.34. The van der Waals surface area contributed by atoms with Crippen molar-refractivity contribution in [3.8, 4) is 0 Å². The van der Waals surface area contributed by atoms with Crippen LogP contribution in [0.2, 0.25) is 0 Å². The molecule has 0 unspecified atom stereocenters. The standard InChI is InChI=1S/C7H12N2.3C6H12N2.3CH4.4BF3.4FH/c1-3-4-9-6-5-8(2)7-9;3*1-3-8-5-4-7(2)6-8;;;;4*2-1(3)4;;;;/h3,5-6H,1,4,7H2,2H3;3*4-5H,3,6H2,1-2H3;3*1H4;;;;;4*1H/p-4. The largest absolute Gasteiger partial charge is 1.00 e. The van der Waals surface area contributed by atoms with Gasteiger partial charge in [0.1, 0.15) is 0 Å². The molecule has 56 heavy (non-hydrogen) atoms. The molecule has 340 valence electrons. The fraction of sp³-hybridized carbons (Fsp3) is 0.643. The quantitative estimate of drug-likeness (QED) is 0.159. The van der Waals surface area contributed by atoms with Crippen LogP contribution >= 0.6 is 0 Å². The van der Waals surface area contributed by atoms with Crippen LogP contribution in [0.5, 0.6) is 0 Å². The molecule has 0 aliphatic carbocycles. The molecule has 4 aliphatic rings. The Hall–Kier alpha value is -3.76. The SMILES string of the molecule is C.C.C.C=CCN1C=CN(C)C1.CCN1C=CN(C)C1.CCN1C=CN(C)C1.CCN1C=CN(C)C1.FB(F)F.FB(F)F.FB(F)F.FB(F)F.[F-].[F-].[F-].[F-]. The van der Waals surface area contributed by atoms with E-state index in [4.69, 9.17) is 0 Å². The first-order chi connectivity index (χ1) is 22.7. The lowest BCUT2D eigenvalue weighted by molar-refractivity contribution is -0.00100. The third kappa shape index (κ3) is 71.6. The first-order valence-corrected chi connectivity index (χ1v) is 14.5. The van der Waals surface area contributed by atoms with Crippen LogP contribution in [0.1, 0.15) is 43.1 Å². The second kappa shape index (κ2) is 53.3. The Kier molecular flexibility index (Phi) is 76.8. The highest BCUT2D eigenvalue weighted by Crippen LogP contribution is 2.03. The molecule has 0 fully saturated rings. The minimum Gasteiger partial charge on any atom is -1.00 e. The molecule has 0 amide bonds. The third-order valence-corrected chi connectivity index (χ3v) is 5.33. The maximum atomic E-state index is 9.67. The van der Waals surface area contributed by atoms with Gasteiger partial charge in [-0.3, -0.25) is 51.8 Å². The van der Waals surface area contributed by atoms with Gasteiger partial charge in [-0.25, -0.2) is 0 Å². The van der Waals surface area contributed by atoms with Gasteiger partial charge in [0, 0.05) is 104 Å². The zero-order chi connectivity index (χ0) is 38.9. The number of rotatable bonds is 5. The summed E-state index contributed by atoms with van der Waals surface area (Å²) in [6.45, 7) is 18.6. The highest BCUT2D eigenvalue weighted by atomic mass is 19.4. The fourth-order valence-corrected chi connectivity index (χ4v) is 3.26. The van der Waals surface area contributed by atoms with Crippen molar-refractivity contribution in [3.05, 3.63) is 62.3 Å². The zero-order valence-corrected chi connectivity index (χ0v) is 30.5. The fourth-order valence-electron chi connectivity index (χ4n) is 3.26. The Labute approximate surface area is 326 Å². The van der Waals surface area contributed by atoms with E-state index in [1.54, 1.807) is 0 Å². The summed E-state index contributed by atoms with van der Waals surface area (Å²) in [6, 6.07) is 0. The molecule has 0 saturated carbocycles. The topological polar surface area (TPSA) is 25.9 Å². The van der Waals surface area contributed by atoms with Crippen LogP contribution in [0.3, 0.4) is 0 Å². The second-order valence-corrected chi connectivity index (χ2v) is 9.55. The highest BCUT2D eigenvalue weighted by Gasteiger charge is 2.08. The first-order valence-electron chi connectivity index (χ1n) is 14.5. The van der Waals surface area contributed by atoms with E-state index in [1.165, 1.54) is 0 Å². The summed E-state index contributed by atoms with van der Waals surface area (Å²) in [5.41, 5.74) is 0. The van der Waals surface area contributed by atoms with Crippen molar-refractivity contribution in [2.45, 2.75) is 43.1 Å². The minimum absolute atomic E-state index is 0.